The molecule has 3 atom stereocenters. The number of nitrogens with one attached hydrogen (secondary N) is 1. The number of hydrogen-bond donors (Lipinski definition) is 2. The smallest absolute Gasteiger partial charge is 0.456 e. The highest BCUT2D eigenvalue weighted by Gasteiger charge is 2.30. The second-order valence-corrected chi connectivity index (χ2v) is 25.8. The van der Waals surface area contributed by atoms with Crippen LogP contribution >= 0.6 is 7.82 Å². The van der Waals surface area contributed by atoms with E-state index in [2.05, 4.69) is 92.9 Å². The summed E-state index contributed by atoms with van der Waals surface area (Å²) in [5, 5.41) is 3.05. The Bertz CT molecular complexity index is 1680. The number of rotatable bonds is 62. The number of hydrogen-bond acceptors (Lipinski definition) is 6. The summed E-state index contributed by atoms with van der Waals surface area (Å²) in [6.45, 7) is 6.88. The molecule has 10 heteroatoms. The van der Waals surface area contributed by atoms with E-state index in [9.17, 15) is 19.0 Å². The van der Waals surface area contributed by atoms with Crippen LogP contribution in [0.15, 0.2) is 85.1 Å². The Morgan fingerprint density at radius 2 is 0.793 bits per heavy atom. The maximum absolute atomic E-state index is 13.6. The first-order valence-corrected chi connectivity index (χ1v) is 35.9. The number of carbonyl (C=O) groups excluding carboxylic acids is 2. The van der Waals surface area contributed by atoms with Crippen molar-refractivity contribution in [3.8, 4) is 0 Å². The molecule has 0 aromatic carbocycles. The van der Waals surface area contributed by atoms with Gasteiger partial charge in [0.2, 0.25) is 5.91 Å². The van der Waals surface area contributed by atoms with Gasteiger partial charge in [0.1, 0.15) is 19.3 Å². The van der Waals surface area contributed by atoms with E-state index in [4.69, 9.17) is 13.8 Å². The summed E-state index contributed by atoms with van der Waals surface area (Å²) in [7, 11) is 1.46. The van der Waals surface area contributed by atoms with E-state index in [0.29, 0.717) is 23.9 Å². The lowest BCUT2D eigenvalue weighted by molar-refractivity contribution is -0.870. The second kappa shape index (κ2) is 61.3. The first-order valence-electron chi connectivity index (χ1n) is 34.4. The Morgan fingerprint density at radius 1 is 0.439 bits per heavy atom. The summed E-state index contributed by atoms with van der Waals surface area (Å²) < 4.78 is 30.7. The topological polar surface area (TPSA) is 111 Å². The second-order valence-electron chi connectivity index (χ2n) is 24.3. The van der Waals surface area contributed by atoms with Crippen molar-refractivity contribution < 1.29 is 37.3 Å². The van der Waals surface area contributed by atoms with E-state index in [1.54, 1.807) is 0 Å². The first-order chi connectivity index (χ1) is 39.9. The number of carbonyl (C=O) groups is 2. The monoisotopic (exact) mass is 1170 g/mol. The van der Waals surface area contributed by atoms with E-state index in [1.807, 2.05) is 39.4 Å². The minimum absolute atomic E-state index is 0.0274. The van der Waals surface area contributed by atoms with Crippen LogP contribution in [0, 0.1) is 0 Å². The molecule has 0 aliphatic heterocycles. The number of phosphoric acid groups is 1. The summed E-state index contributed by atoms with van der Waals surface area (Å²) >= 11 is 0. The van der Waals surface area contributed by atoms with Gasteiger partial charge >= 0.3 is 13.8 Å². The number of nitrogens with zero attached hydrogens (tertiary/aromatic N) is 1. The summed E-state index contributed by atoms with van der Waals surface area (Å²) in [5.41, 5.74) is 0. The zero-order valence-corrected chi connectivity index (χ0v) is 55.4. The number of ether oxygens (including phenoxy) is 1. The Kier molecular flexibility index (Phi) is 59.2. The van der Waals surface area contributed by atoms with Crippen LogP contribution in [-0.2, 0) is 27.9 Å². The van der Waals surface area contributed by atoms with E-state index in [-0.39, 0.29) is 25.5 Å². The molecule has 0 rings (SSSR count). The highest BCUT2D eigenvalue weighted by molar-refractivity contribution is 7.47. The molecule has 0 saturated heterocycles. The Balaban J connectivity index is 5.16. The lowest BCUT2D eigenvalue weighted by atomic mass is 10.0. The molecule has 0 aromatic heterocycles. The predicted octanol–water partition coefficient (Wildman–Crippen LogP) is 21.7. The third-order valence-corrected chi connectivity index (χ3v) is 16.1. The Morgan fingerprint density at radius 3 is 1.17 bits per heavy atom. The van der Waals surface area contributed by atoms with Crippen molar-refractivity contribution in [3.05, 3.63) is 85.1 Å². The van der Waals surface area contributed by atoms with Crippen LogP contribution in [0.4, 0.5) is 0 Å². The largest absolute Gasteiger partial charge is 0.472 e. The number of allylic oxidation sites excluding steroid dienone is 13. The third kappa shape index (κ3) is 61.7. The molecule has 0 radical (unpaired) electrons. The standard InChI is InChI=1S/C72H131N2O7P/c1-7-10-13-16-19-22-25-28-30-32-34-35-36-37-38-39-41-42-44-46-49-52-55-58-61-64-71(75)73-69(68-80-82(77,78)79-67-66-74(4,5)6)70(63-60-57-54-51-48-27-24-21-18-15-12-9-3)81-72(76)65-62-59-56-53-50-47-45-43-40-33-31-29-26-23-20-17-14-11-8-2/h11,14,20,23,29,31,40,43,47,50,56,59-60,63,69-70H,7-10,12-13,15-19,21-22,24-28,30,32-39,41-42,44-46,48-49,51-55,57-58,61-62,64-68H2,1-6H3,(H-,73,75,77,78)/p+1/b14-11-,23-20-,31-29-,43-40-,50-47-,59-56-,63-60+. The van der Waals surface area contributed by atoms with E-state index < -0.39 is 25.9 Å². The molecule has 0 fully saturated rings. The fourth-order valence-electron chi connectivity index (χ4n) is 9.85. The van der Waals surface area contributed by atoms with E-state index in [1.165, 1.54) is 193 Å². The number of phosphoric ester groups is 1. The molecule has 9 nitrogen and oxygen atoms in total. The number of unbranched alkanes of at least 4 members (excludes halogenated alkanes) is 34. The summed E-state index contributed by atoms with van der Waals surface area (Å²) in [6.07, 6.45) is 81.9. The maximum atomic E-state index is 13.6. The van der Waals surface area contributed by atoms with Crippen LogP contribution in [0.5, 0.6) is 0 Å². The zero-order chi connectivity index (χ0) is 60.0. The van der Waals surface area contributed by atoms with Crippen LogP contribution in [0.2, 0.25) is 0 Å². The molecular weight excluding hydrogens is 1040 g/mol. The fourth-order valence-corrected chi connectivity index (χ4v) is 10.6. The van der Waals surface area contributed by atoms with Crippen molar-refractivity contribution >= 4 is 19.7 Å². The van der Waals surface area contributed by atoms with Crippen LogP contribution in [0.1, 0.15) is 310 Å². The van der Waals surface area contributed by atoms with Crippen LogP contribution in [0.3, 0.4) is 0 Å². The lowest BCUT2D eigenvalue weighted by Crippen LogP contribution is -2.47. The molecule has 1 amide bonds. The van der Waals surface area contributed by atoms with E-state index >= 15 is 0 Å². The molecule has 0 aromatic rings. The number of likely N-dealkylation sites (N-methyl/N-ethyl adjacent to an activating group) is 1. The van der Waals surface area contributed by atoms with Gasteiger partial charge in [0.05, 0.1) is 33.8 Å². The summed E-state index contributed by atoms with van der Waals surface area (Å²) in [5.74, 6) is -0.595. The van der Waals surface area contributed by atoms with Crippen LogP contribution in [-0.4, -0.2) is 74.3 Å². The van der Waals surface area contributed by atoms with Crippen molar-refractivity contribution in [1.29, 1.82) is 0 Å². The van der Waals surface area contributed by atoms with Gasteiger partial charge in [-0.1, -0.05) is 312 Å². The maximum Gasteiger partial charge on any atom is 0.472 e. The first kappa shape index (κ1) is 79.2. The normalized spacial score (nSPS) is 14.1. The molecular formula is C72H132N2O7P+. The Hall–Kier alpha value is -2.81. The fraction of sp³-hybridized carbons (Fsp3) is 0.778. The highest BCUT2D eigenvalue weighted by atomic mass is 31.2. The van der Waals surface area contributed by atoms with Gasteiger partial charge < -0.3 is 19.4 Å². The van der Waals surface area contributed by atoms with Gasteiger partial charge in [-0.2, -0.15) is 0 Å². The van der Waals surface area contributed by atoms with E-state index in [0.717, 1.165) is 77.0 Å². The van der Waals surface area contributed by atoms with Crippen molar-refractivity contribution in [3.63, 3.8) is 0 Å². The van der Waals surface area contributed by atoms with Gasteiger partial charge in [0.25, 0.3) is 0 Å². The molecule has 0 aliphatic rings. The molecule has 0 spiro atoms. The molecule has 82 heavy (non-hydrogen) atoms. The minimum Gasteiger partial charge on any atom is -0.456 e. The highest BCUT2D eigenvalue weighted by Crippen LogP contribution is 2.43. The number of quaternary nitrogens is 1. The minimum atomic E-state index is -4.47. The average Bonchev–Trinajstić information content (AvgIpc) is 3.44. The molecule has 0 saturated carbocycles. The van der Waals surface area contributed by atoms with Gasteiger partial charge in [-0.05, 0) is 70.3 Å². The predicted molar refractivity (Wildman–Crippen MR) is 355 cm³/mol. The third-order valence-electron chi connectivity index (χ3n) is 15.1. The van der Waals surface area contributed by atoms with Crippen molar-refractivity contribution in [1.82, 2.24) is 5.32 Å². The SMILES string of the molecule is CC/C=C\C/C=C\C/C=C\C/C=C\C/C=C\C/C=C\CCC(=O)OC(/C=C/CCCCCCCCCCCC)C(COP(=O)(O)OCC[N+](C)(C)C)NC(=O)CCCCCCCCCCCCCCCCCCCCCCCCCCC. The quantitative estimate of drug-likeness (QED) is 0.0205. The van der Waals surface area contributed by atoms with Gasteiger partial charge in [0.15, 0.2) is 0 Å². The molecule has 0 bridgehead atoms. The number of esters is 1. The van der Waals surface area contributed by atoms with Gasteiger partial charge in [-0.25, -0.2) is 4.57 Å². The average molecular weight is 1170 g/mol. The molecule has 476 valence electrons. The Labute approximate surface area is 507 Å². The molecule has 0 heterocycles. The van der Waals surface area contributed by atoms with Gasteiger partial charge in [-0.3, -0.25) is 18.6 Å². The van der Waals surface area contributed by atoms with Crippen molar-refractivity contribution in [2.45, 2.75) is 322 Å². The number of amides is 1. The summed E-state index contributed by atoms with van der Waals surface area (Å²) in [6, 6.07) is -0.882. The zero-order valence-electron chi connectivity index (χ0n) is 54.5. The van der Waals surface area contributed by atoms with Crippen LogP contribution in [0.25, 0.3) is 0 Å². The van der Waals surface area contributed by atoms with Crippen molar-refractivity contribution in [2.24, 2.45) is 0 Å². The van der Waals surface area contributed by atoms with Crippen LogP contribution < -0.4 is 5.32 Å². The summed E-state index contributed by atoms with van der Waals surface area (Å²) in [4.78, 5) is 37.8. The molecule has 0 aliphatic carbocycles. The lowest BCUT2D eigenvalue weighted by Gasteiger charge is -2.27. The van der Waals surface area contributed by atoms with Gasteiger partial charge in [0, 0.05) is 12.8 Å². The van der Waals surface area contributed by atoms with Crippen molar-refractivity contribution in [2.75, 3.05) is 40.9 Å². The molecule has 2 N–H and O–H groups in total. The molecule has 3 unspecified atom stereocenters. The van der Waals surface area contributed by atoms with Gasteiger partial charge in [-0.15, -0.1) is 0 Å².